The van der Waals surface area contributed by atoms with Crippen LogP contribution >= 0.6 is 0 Å². The zero-order valence-corrected chi connectivity index (χ0v) is 13.7. The molecule has 2 heterocycles. The van der Waals surface area contributed by atoms with E-state index in [0.717, 1.165) is 23.7 Å². The highest BCUT2D eigenvalue weighted by Gasteiger charge is 2.30. The van der Waals surface area contributed by atoms with Crippen molar-refractivity contribution in [2.24, 2.45) is 12.1 Å². The molecule has 0 aromatic carbocycles. The van der Waals surface area contributed by atoms with Crippen LogP contribution in [0.3, 0.4) is 0 Å². The predicted octanol–water partition coefficient (Wildman–Crippen LogP) is 2.03. The maximum absolute atomic E-state index is 13.7. The smallest absolute Gasteiger partial charge is 0.271 e. The van der Waals surface area contributed by atoms with Crippen molar-refractivity contribution in [1.82, 2.24) is 25.0 Å². The fourth-order valence-electron chi connectivity index (χ4n) is 2.53. The first-order chi connectivity index (χ1) is 11.9. The van der Waals surface area contributed by atoms with Crippen molar-refractivity contribution in [3.8, 4) is 0 Å². The molecule has 0 aliphatic heterocycles. The van der Waals surface area contributed by atoms with Crippen LogP contribution in [0.25, 0.3) is 0 Å². The van der Waals surface area contributed by atoms with Gasteiger partial charge in [-0.05, 0) is 25.8 Å². The van der Waals surface area contributed by atoms with Gasteiger partial charge in [0.1, 0.15) is 12.2 Å². The maximum atomic E-state index is 13.7. The third kappa shape index (κ3) is 3.72. The summed E-state index contributed by atoms with van der Waals surface area (Å²) >= 11 is 0. The van der Waals surface area contributed by atoms with E-state index in [4.69, 9.17) is 0 Å². The molecule has 1 fully saturated rings. The summed E-state index contributed by atoms with van der Waals surface area (Å²) in [6.07, 6.45) is 0.267. The number of rotatable bonds is 6. The van der Waals surface area contributed by atoms with Gasteiger partial charge in [-0.15, -0.1) is 0 Å². The minimum atomic E-state index is -2.68. The molecule has 2 aromatic heterocycles. The van der Waals surface area contributed by atoms with Crippen LogP contribution in [0, 0.1) is 12.9 Å². The number of carbonyl (C=O) groups excluding carboxylic acids is 1. The molecule has 1 N–H and O–H groups in total. The van der Waals surface area contributed by atoms with Gasteiger partial charge < -0.3 is 0 Å². The fraction of sp³-hybridized carbons (Fsp3) is 0.467. The van der Waals surface area contributed by atoms with Crippen molar-refractivity contribution in [2.45, 2.75) is 38.7 Å². The standard InChI is InChI=1S/C15H17F3N6O/c1-8-10(15(18)23(2)21-8)6-19-20-13(25)7-24-12(9-3-4-9)5-11(22-24)14(16)17/h5-6,9,14H,3-4,7H2,1-2H3,(H,20,25). The lowest BCUT2D eigenvalue weighted by molar-refractivity contribution is -0.121. The van der Waals surface area contributed by atoms with E-state index in [1.165, 1.54) is 17.8 Å². The summed E-state index contributed by atoms with van der Waals surface area (Å²) in [5.41, 5.74) is 3.13. The second kappa shape index (κ2) is 6.69. The average molecular weight is 354 g/mol. The van der Waals surface area contributed by atoms with Crippen LogP contribution in [-0.4, -0.2) is 31.7 Å². The Morgan fingerprint density at radius 2 is 2.20 bits per heavy atom. The number of hydrogen-bond acceptors (Lipinski definition) is 4. The quantitative estimate of drug-likeness (QED) is 0.637. The Hall–Kier alpha value is -2.65. The zero-order chi connectivity index (χ0) is 18.1. The maximum Gasteiger partial charge on any atom is 0.282 e. The summed E-state index contributed by atoms with van der Waals surface area (Å²) in [4.78, 5) is 12.0. The van der Waals surface area contributed by atoms with Crippen molar-refractivity contribution < 1.29 is 18.0 Å². The molecule has 0 unspecified atom stereocenters. The number of amides is 1. The molecule has 0 saturated heterocycles. The van der Waals surface area contributed by atoms with Gasteiger partial charge in [0.05, 0.1) is 17.5 Å². The molecule has 0 spiro atoms. The monoisotopic (exact) mass is 354 g/mol. The first-order valence-electron chi connectivity index (χ1n) is 7.73. The molecular weight excluding hydrogens is 337 g/mol. The SMILES string of the molecule is Cc1nn(C)c(F)c1C=NNC(=O)Cn1nc(C(F)F)cc1C1CC1. The van der Waals surface area contributed by atoms with Gasteiger partial charge in [0.15, 0.2) is 0 Å². The molecule has 25 heavy (non-hydrogen) atoms. The van der Waals surface area contributed by atoms with Gasteiger partial charge in [0.2, 0.25) is 5.95 Å². The lowest BCUT2D eigenvalue weighted by Crippen LogP contribution is -2.24. The van der Waals surface area contributed by atoms with E-state index >= 15 is 0 Å². The Balaban J connectivity index is 1.66. The van der Waals surface area contributed by atoms with E-state index in [1.54, 1.807) is 6.92 Å². The summed E-state index contributed by atoms with van der Waals surface area (Å²) in [6.45, 7) is 1.38. The molecule has 0 atom stereocenters. The number of hydrazone groups is 1. The molecule has 2 aromatic rings. The Morgan fingerprint density at radius 3 is 2.76 bits per heavy atom. The minimum absolute atomic E-state index is 0.167. The third-order valence-corrected chi connectivity index (χ3v) is 3.92. The number of nitrogens with one attached hydrogen (secondary N) is 1. The molecule has 3 rings (SSSR count). The molecule has 1 aliphatic rings. The fourth-order valence-corrected chi connectivity index (χ4v) is 2.53. The van der Waals surface area contributed by atoms with E-state index in [9.17, 15) is 18.0 Å². The average Bonchev–Trinajstić information content (AvgIpc) is 3.26. The molecule has 134 valence electrons. The number of nitrogens with zero attached hydrogens (tertiary/aromatic N) is 5. The zero-order valence-electron chi connectivity index (χ0n) is 13.7. The van der Waals surface area contributed by atoms with E-state index in [2.05, 4.69) is 20.7 Å². The Labute approximate surface area is 141 Å². The lowest BCUT2D eigenvalue weighted by Gasteiger charge is -2.05. The highest BCUT2D eigenvalue weighted by atomic mass is 19.3. The Kier molecular flexibility index (Phi) is 4.60. The lowest BCUT2D eigenvalue weighted by atomic mass is 10.2. The first-order valence-corrected chi connectivity index (χ1v) is 7.73. The molecule has 1 amide bonds. The Morgan fingerprint density at radius 1 is 1.48 bits per heavy atom. The van der Waals surface area contributed by atoms with Crippen LogP contribution in [0.15, 0.2) is 11.2 Å². The first kappa shape index (κ1) is 17.2. The summed E-state index contributed by atoms with van der Waals surface area (Å²) in [6, 6.07) is 1.34. The Bertz CT molecular complexity index is 822. The number of hydrogen-bond donors (Lipinski definition) is 1. The second-order valence-corrected chi connectivity index (χ2v) is 5.93. The van der Waals surface area contributed by atoms with Crippen LogP contribution < -0.4 is 5.43 Å². The third-order valence-electron chi connectivity index (χ3n) is 3.92. The van der Waals surface area contributed by atoms with E-state index in [0.29, 0.717) is 11.4 Å². The highest BCUT2D eigenvalue weighted by molar-refractivity contribution is 5.83. The highest BCUT2D eigenvalue weighted by Crippen LogP contribution is 2.41. The predicted molar refractivity (Wildman–Crippen MR) is 82.8 cm³/mol. The van der Waals surface area contributed by atoms with Crippen molar-refractivity contribution in [3.63, 3.8) is 0 Å². The summed E-state index contributed by atoms with van der Waals surface area (Å²) in [5, 5.41) is 11.4. The number of alkyl halides is 2. The molecular formula is C15H17F3N6O. The van der Waals surface area contributed by atoms with Crippen molar-refractivity contribution in [2.75, 3.05) is 0 Å². The summed E-state index contributed by atoms with van der Waals surface area (Å²) in [5.74, 6) is -0.937. The van der Waals surface area contributed by atoms with E-state index in [-0.39, 0.29) is 23.7 Å². The molecule has 0 bridgehead atoms. The van der Waals surface area contributed by atoms with Crippen LogP contribution in [0.4, 0.5) is 13.2 Å². The summed E-state index contributed by atoms with van der Waals surface area (Å²) < 4.78 is 41.7. The number of carbonyl (C=O) groups is 1. The molecule has 10 heteroatoms. The van der Waals surface area contributed by atoms with Crippen LogP contribution in [0.1, 0.15) is 47.8 Å². The normalized spacial score (nSPS) is 14.6. The van der Waals surface area contributed by atoms with Crippen molar-refractivity contribution in [1.29, 1.82) is 0 Å². The van der Waals surface area contributed by atoms with Crippen molar-refractivity contribution in [3.05, 3.63) is 34.7 Å². The summed E-state index contributed by atoms with van der Waals surface area (Å²) in [7, 11) is 1.45. The molecule has 0 radical (unpaired) electrons. The number of aryl methyl sites for hydroxylation is 2. The largest absolute Gasteiger partial charge is 0.282 e. The van der Waals surface area contributed by atoms with E-state index < -0.39 is 18.3 Å². The molecule has 1 saturated carbocycles. The topological polar surface area (TPSA) is 77.1 Å². The van der Waals surface area contributed by atoms with Gasteiger partial charge in [-0.2, -0.15) is 19.7 Å². The van der Waals surface area contributed by atoms with Crippen molar-refractivity contribution >= 4 is 12.1 Å². The van der Waals surface area contributed by atoms with Gasteiger partial charge in [-0.3, -0.25) is 9.48 Å². The van der Waals surface area contributed by atoms with Gasteiger partial charge in [0.25, 0.3) is 12.3 Å². The van der Waals surface area contributed by atoms with Gasteiger partial charge in [-0.1, -0.05) is 0 Å². The van der Waals surface area contributed by atoms with Crippen LogP contribution in [-0.2, 0) is 18.4 Å². The number of halogens is 3. The minimum Gasteiger partial charge on any atom is -0.271 e. The molecule has 7 nitrogen and oxygen atoms in total. The van der Waals surface area contributed by atoms with Crippen LogP contribution in [0.5, 0.6) is 0 Å². The van der Waals surface area contributed by atoms with Gasteiger partial charge in [-0.25, -0.2) is 18.9 Å². The number of aromatic nitrogens is 4. The second-order valence-electron chi connectivity index (χ2n) is 5.93. The van der Waals surface area contributed by atoms with Gasteiger partial charge in [0, 0.05) is 18.7 Å². The van der Waals surface area contributed by atoms with Crippen LogP contribution in [0.2, 0.25) is 0 Å². The van der Waals surface area contributed by atoms with E-state index in [1.807, 2.05) is 0 Å². The molecule has 1 aliphatic carbocycles. The van der Waals surface area contributed by atoms with Gasteiger partial charge >= 0.3 is 0 Å².